The van der Waals surface area contributed by atoms with Gasteiger partial charge in [0.25, 0.3) is 0 Å². The van der Waals surface area contributed by atoms with E-state index >= 15 is 0 Å². The molecule has 5 nitrogen and oxygen atoms in total. The zero-order valence-corrected chi connectivity index (χ0v) is 12.8. The molecule has 1 heterocycles. The molecule has 6 heteroatoms. The Morgan fingerprint density at radius 2 is 2.20 bits per heavy atom. The molecule has 0 atom stereocenters. The molecular weight excluding hydrogens is 274 g/mol. The van der Waals surface area contributed by atoms with Crippen molar-refractivity contribution in [3.05, 3.63) is 23.0 Å². The van der Waals surface area contributed by atoms with E-state index in [4.69, 9.17) is 17.0 Å². The summed E-state index contributed by atoms with van der Waals surface area (Å²) in [4.78, 5) is 16.6. The van der Waals surface area contributed by atoms with Crippen LogP contribution in [0.25, 0.3) is 11.0 Å². The van der Waals surface area contributed by atoms with Crippen molar-refractivity contribution in [2.45, 2.75) is 19.9 Å². The lowest BCUT2D eigenvalue weighted by Crippen LogP contribution is -2.26. The summed E-state index contributed by atoms with van der Waals surface area (Å²) in [5, 5.41) is 0. The monoisotopic (exact) mass is 293 g/mol. The van der Waals surface area contributed by atoms with Gasteiger partial charge in [-0.2, -0.15) is 0 Å². The van der Waals surface area contributed by atoms with Crippen LogP contribution in [0, 0.1) is 4.77 Å². The van der Waals surface area contributed by atoms with Crippen LogP contribution < -0.4 is 4.74 Å². The van der Waals surface area contributed by atoms with E-state index in [1.54, 1.807) is 23.6 Å². The van der Waals surface area contributed by atoms with Gasteiger partial charge in [0.15, 0.2) is 4.77 Å². The highest BCUT2D eigenvalue weighted by molar-refractivity contribution is 7.71. The number of carbonyl (C=O) groups excluding carboxylic acids is 1. The fourth-order valence-electron chi connectivity index (χ4n) is 1.92. The Labute approximate surface area is 123 Å². The first-order valence-corrected chi connectivity index (χ1v) is 7.00. The van der Waals surface area contributed by atoms with Gasteiger partial charge in [0, 0.05) is 14.1 Å². The third-order valence-electron chi connectivity index (χ3n) is 3.03. The van der Waals surface area contributed by atoms with E-state index in [0.717, 1.165) is 23.2 Å². The topological polar surface area (TPSA) is 50.3 Å². The first kappa shape index (κ1) is 14.6. The molecule has 0 saturated heterocycles. The highest BCUT2D eigenvalue weighted by Gasteiger charge is 2.12. The number of aromatic amines is 1. The van der Waals surface area contributed by atoms with E-state index in [2.05, 4.69) is 11.9 Å². The number of ether oxygens (including phenoxy) is 1. The number of fused-ring (bicyclic) bond motifs is 1. The number of nitrogens with one attached hydrogen (secondary N) is 1. The second-order valence-electron chi connectivity index (χ2n) is 4.80. The minimum absolute atomic E-state index is 0.00174. The van der Waals surface area contributed by atoms with Crippen molar-refractivity contribution in [3.8, 4) is 5.75 Å². The predicted molar refractivity (Wildman–Crippen MR) is 81.6 cm³/mol. The molecule has 20 heavy (non-hydrogen) atoms. The first-order valence-electron chi connectivity index (χ1n) is 6.59. The number of nitrogens with zero attached hydrogens (tertiary/aromatic N) is 2. The number of aromatic nitrogens is 2. The summed E-state index contributed by atoms with van der Waals surface area (Å²) in [5.41, 5.74) is 1.73. The highest BCUT2D eigenvalue weighted by atomic mass is 32.1. The Morgan fingerprint density at radius 3 is 2.85 bits per heavy atom. The fraction of sp³-hybridized carbons (Fsp3) is 0.429. The molecule has 0 unspecified atom stereocenters. The number of benzene rings is 1. The van der Waals surface area contributed by atoms with Gasteiger partial charge in [0.2, 0.25) is 5.91 Å². The summed E-state index contributed by atoms with van der Waals surface area (Å²) < 4.78 is 8.03. The number of rotatable bonds is 5. The number of imidazole rings is 1. The highest BCUT2D eigenvalue weighted by Crippen LogP contribution is 2.25. The van der Waals surface area contributed by atoms with Crippen molar-refractivity contribution in [2.75, 3.05) is 20.7 Å². The van der Waals surface area contributed by atoms with Crippen LogP contribution in [-0.2, 0) is 11.3 Å². The van der Waals surface area contributed by atoms with Crippen molar-refractivity contribution in [1.82, 2.24) is 14.5 Å². The van der Waals surface area contributed by atoms with Crippen LogP contribution in [0.5, 0.6) is 5.75 Å². The number of likely N-dealkylation sites (N-methyl/N-ethyl adjacent to an activating group) is 1. The molecule has 0 bridgehead atoms. The molecule has 0 aliphatic rings. The summed E-state index contributed by atoms with van der Waals surface area (Å²) in [7, 11) is 3.47. The lowest BCUT2D eigenvalue weighted by atomic mass is 10.3. The van der Waals surface area contributed by atoms with Crippen LogP contribution in [0.2, 0.25) is 0 Å². The zero-order valence-electron chi connectivity index (χ0n) is 12.0. The molecule has 2 rings (SSSR count). The van der Waals surface area contributed by atoms with Crippen molar-refractivity contribution < 1.29 is 9.53 Å². The van der Waals surface area contributed by atoms with Gasteiger partial charge in [-0.3, -0.25) is 4.79 Å². The van der Waals surface area contributed by atoms with Crippen molar-refractivity contribution in [1.29, 1.82) is 0 Å². The standard InChI is InChI=1S/C14H19N3O2S/c1-4-8-19-11-7-5-6-10-13(11)15-14(20)17(10)9-12(18)16(2)3/h5-7H,4,8-9H2,1-3H3,(H,15,20). The number of para-hydroxylation sites is 1. The average molecular weight is 293 g/mol. The Balaban J connectivity index is 2.44. The van der Waals surface area contributed by atoms with E-state index in [1.165, 1.54) is 0 Å². The van der Waals surface area contributed by atoms with E-state index < -0.39 is 0 Å². The van der Waals surface area contributed by atoms with Gasteiger partial charge < -0.3 is 19.2 Å². The number of hydrogen-bond donors (Lipinski definition) is 1. The van der Waals surface area contributed by atoms with E-state index in [9.17, 15) is 4.79 Å². The summed E-state index contributed by atoms with van der Waals surface area (Å²) >= 11 is 5.31. The van der Waals surface area contributed by atoms with Crippen LogP contribution in [0.3, 0.4) is 0 Å². The zero-order chi connectivity index (χ0) is 14.7. The third-order valence-corrected chi connectivity index (χ3v) is 3.35. The molecule has 1 aromatic heterocycles. The number of H-pyrrole nitrogens is 1. The van der Waals surface area contributed by atoms with Crippen LogP contribution in [0.1, 0.15) is 13.3 Å². The minimum Gasteiger partial charge on any atom is -0.491 e. The van der Waals surface area contributed by atoms with E-state index in [0.29, 0.717) is 11.4 Å². The Bertz CT molecular complexity index is 673. The van der Waals surface area contributed by atoms with Crippen molar-refractivity contribution >= 4 is 29.2 Å². The van der Waals surface area contributed by atoms with Crippen molar-refractivity contribution in [2.24, 2.45) is 0 Å². The molecule has 1 N–H and O–H groups in total. The summed E-state index contributed by atoms with van der Waals surface area (Å²) in [6.45, 7) is 2.94. The Morgan fingerprint density at radius 1 is 1.45 bits per heavy atom. The van der Waals surface area contributed by atoms with Gasteiger partial charge in [-0.25, -0.2) is 0 Å². The predicted octanol–water partition coefficient (Wildman–Crippen LogP) is 2.58. The number of amides is 1. The van der Waals surface area contributed by atoms with Crippen LogP contribution >= 0.6 is 12.2 Å². The maximum absolute atomic E-state index is 11.9. The third kappa shape index (κ3) is 2.85. The minimum atomic E-state index is 0.00174. The molecule has 0 spiro atoms. The lowest BCUT2D eigenvalue weighted by Gasteiger charge is -2.11. The molecule has 0 fully saturated rings. The van der Waals surface area contributed by atoms with Crippen molar-refractivity contribution in [3.63, 3.8) is 0 Å². The van der Waals surface area contributed by atoms with E-state index in [-0.39, 0.29) is 12.5 Å². The molecule has 0 aliphatic carbocycles. The Kier molecular flexibility index (Phi) is 4.44. The van der Waals surface area contributed by atoms with Crippen LogP contribution in [-0.4, -0.2) is 41.1 Å². The summed E-state index contributed by atoms with van der Waals surface area (Å²) in [5.74, 6) is 0.772. The van der Waals surface area contributed by atoms with Gasteiger partial charge >= 0.3 is 0 Å². The molecule has 1 amide bonds. The van der Waals surface area contributed by atoms with Gasteiger partial charge in [-0.1, -0.05) is 13.0 Å². The molecular formula is C14H19N3O2S. The number of carbonyl (C=O) groups is 1. The molecule has 0 aliphatic heterocycles. The second-order valence-corrected chi connectivity index (χ2v) is 5.19. The Hall–Kier alpha value is -1.82. The quantitative estimate of drug-likeness (QED) is 0.862. The maximum atomic E-state index is 11.9. The summed E-state index contributed by atoms with van der Waals surface area (Å²) in [6, 6.07) is 5.75. The largest absolute Gasteiger partial charge is 0.491 e. The molecule has 0 saturated carbocycles. The summed E-state index contributed by atoms with van der Waals surface area (Å²) in [6.07, 6.45) is 0.941. The number of hydrogen-bond acceptors (Lipinski definition) is 3. The van der Waals surface area contributed by atoms with Crippen LogP contribution in [0.15, 0.2) is 18.2 Å². The van der Waals surface area contributed by atoms with E-state index in [1.807, 2.05) is 18.2 Å². The SMILES string of the molecule is CCCOc1cccc2c1[nH]c(=S)n2CC(=O)N(C)C. The molecule has 2 aromatic rings. The van der Waals surface area contributed by atoms with Gasteiger partial charge in [-0.15, -0.1) is 0 Å². The lowest BCUT2D eigenvalue weighted by molar-refractivity contribution is -0.129. The van der Waals surface area contributed by atoms with Crippen LogP contribution in [0.4, 0.5) is 0 Å². The fourth-order valence-corrected chi connectivity index (χ4v) is 2.18. The molecule has 0 radical (unpaired) electrons. The first-order chi connectivity index (χ1) is 9.54. The normalized spacial score (nSPS) is 10.8. The molecule has 1 aromatic carbocycles. The van der Waals surface area contributed by atoms with Gasteiger partial charge in [0.1, 0.15) is 17.8 Å². The van der Waals surface area contributed by atoms with Gasteiger partial charge in [0.05, 0.1) is 12.1 Å². The second kappa shape index (κ2) is 6.09. The maximum Gasteiger partial charge on any atom is 0.242 e. The average Bonchev–Trinajstić information content (AvgIpc) is 2.73. The molecule has 108 valence electrons. The smallest absolute Gasteiger partial charge is 0.242 e. The van der Waals surface area contributed by atoms with Gasteiger partial charge in [-0.05, 0) is 30.8 Å².